The van der Waals surface area contributed by atoms with Gasteiger partial charge in [0.1, 0.15) is 17.1 Å². The van der Waals surface area contributed by atoms with Crippen LogP contribution in [-0.4, -0.2) is 88.0 Å². The lowest BCUT2D eigenvalue weighted by Gasteiger charge is -2.49. The van der Waals surface area contributed by atoms with Crippen LogP contribution in [0, 0.1) is 0 Å². The van der Waals surface area contributed by atoms with Gasteiger partial charge in [-0.3, -0.25) is 24.6 Å². The van der Waals surface area contributed by atoms with Crippen LogP contribution in [0.25, 0.3) is 0 Å². The van der Waals surface area contributed by atoms with Gasteiger partial charge in [0.15, 0.2) is 5.13 Å². The number of nitrogens with zero attached hydrogens (tertiary/aromatic N) is 6. The van der Waals surface area contributed by atoms with Gasteiger partial charge < -0.3 is 10.4 Å². The number of amides is 3. The molecule has 1 unspecified atom stereocenters. The number of rotatable bonds is 8. The standard InChI is InChI=1S/C17H15F3N8O5S3/c1-27-16(24-25-26-27)36-4-6-3-34-12-9(11(30)28(12)10(6)13(31)32)22-8(29)2-7-5-35-15(21-7)23-14(33)17(18,19)20/h5,9,12H,2-4H2,1H3,(H,22,29)(H,31,32)(H,21,23,33)/t9?,12-/m1/s1. The van der Waals surface area contributed by atoms with E-state index in [2.05, 4.69) is 25.8 Å². The minimum absolute atomic E-state index is 0.0959. The quantitative estimate of drug-likeness (QED) is 0.296. The van der Waals surface area contributed by atoms with E-state index in [4.69, 9.17) is 0 Å². The number of alkyl halides is 3. The summed E-state index contributed by atoms with van der Waals surface area (Å²) >= 11 is 3.22. The molecule has 0 radical (unpaired) electrons. The number of carbonyl (C=O) groups is 4. The third-order valence-corrected chi connectivity index (χ3v) is 8.14. The fourth-order valence-corrected chi connectivity index (χ4v) is 6.33. The summed E-state index contributed by atoms with van der Waals surface area (Å²) in [5.41, 5.74) is 0.450. The molecule has 2 aliphatic heterocycles. The first kappa shape index (κ1) is 25.9. The van der Waals surface area contributed by atoms with E-state index in [1.54, 1.807) is 12.4 Å². The maximum Gasteiger partial charge on any atom is 0.471 e. The van der Waals surface area contributed by atoms with Gasteiger partial charge in [-0.15, -0.1) is 28.2 Å². The zero-order valence-corrected chi connectivity index (χ0v) is 20.4. The number of carbonyl (C=O) groups excluding carboxylic acids is 3. The maximum absolute atomic E-state index is 12.7. The first-order valence-corrected chi connectivity index (χ1v) is 12.7. The Morgan fingerprint density at radius 3 is 2.72 bits per heavy atom. The van der Waals surface area contributed by atoms with Crippen molar-refractivity contribution >= 4 is 63.7 Å². The minimum atomic E-state index is -5.08. The Hall–Kier alpha value is -3.19. The fraction of sp³-hybridized carbons (Fsp3) is 0.412. The monoisotopic (exact) mass is 564 g/mol. The van der Waals surface area contributed by atoms with E-state index in [0.717, 1.165) is 4.90 Å². The second-order valence-electron chi connectivity index (χ2n) is 7.36. The van der Waals surface area contributed by atoms with E-state index in [1.165, 1.54) is 33.6 Å². The summed E-state index contributed by atoms with van der Waals surface area (Å²) in [4.78, 5) is 53.0. The van der Waals surface area contributed by atoms with Crippen molar-refractivity contribution in [2.75, 3.05) is 16.8 Å². The second kappa shape index (κ2) is 10.1. The van der Waals surface area contributed by atoms with Crippen molar-refractivity contribution in [1.29, 1.82) is 0 Å². The molecule has 4 rings (SSSR count). The largest absolute Gasteiger partial charge is 0.477 e. The third kappa shape index (κ3) is 5.31. The Balaban J connectivity index is 1.36. The van der Waals surface area contributed by atoms with Gasteiger partial charge in [-0.2, -0.15) is 13.2 Å². The summed E-state index contributed by atoms with van der Waals surface area (Å²) in [6.45, 7) is 0. The number of aromatic nitrogens is 5. The molecular weight excluding hydrogens is 549 g/mol. The Kier molecular flexibility index (Phi) is 7.23. The van der Waals surface area contributed by atoms with Crippen molar-refractivity contribution in [1.82, 2.24) is 35.4 Å². The van der Waals surface area contributed by atoms with Gasteiger partial charge in [0.05, 0.1) is 12.1 Å². The van der Waals surface area contributed by atoms with Crippen molar-refractivity contribution in [3.8, 4) is 0 Å². The van der Waals surface area contributed by atoms with Gasteiger partial charge in [0.25, 0.3) is 5.91 Å². The molecule has 0 aliphatic carbocycles. The number of thiazole rings is 1. The first-order chi connectivity index (χ1) is 17.0. The molecule has 2 aliphatic rings. The molecule has 3 amide bonds. The molecule has 4 heterocycles. The molecule has 2 aromatic rings. The molecular formula is C17H15F3N8O5S3. The number of halogens is 3. The first-order valence-electron chi connectivity index (χ1n) is 9.82. The van der Waals surface area contributed by atoms with Gasteiger partial charge in [0, 0.05) is 23.9 Å². The molecule has 2 atom stereocenters. The second-order valence-corrected chi connectivity index (χ2v) is 10.3. The molecule has 192 valence electrons. The van der Waals surface area contributed by atoms with E-state index in [0.29, 0.717) is 27.8 Å². The van der Waals surface area contributed by atoms with Crippen molar-refractivity contribution in [2.45, 2.75) is 29.2 Å². The van der Waals surface area contributed by atoms with E-state index in [-0.39, 0.29) is 28.7 Å². The molecule has 0 bridgehead atoms. The smallest absolute Gasteiger partial charge is 0.471 e. The SMILES string of the molecule is Cn1nnnc1SCC1=C(C(=O)O)N2C(=O)C(NC(=O)Cc3csc(NC(=O)C(F)(F)F)n3)[C@H]2SC1. The molecule has 0 spiro atoms. The van der Waals surface area contributed by atoms with E-state index in [9.17, 15) is 37.5 Å². The van der Waals surface area contributed by atoms with Crippen LogP contribution >= 0.6 is 34.9 Å². The van der Waals surface area contributed by atoms with E-state index >= 15 is 0 Å². The van der Waals surface area contributed by atoms with Crippen LogP contribution in [0.15, 0.2) is 21.8 Å². The van der Waals surface area contributed by atoms with Crippen LogP contribution in [0.5, 0.6) is 0 Å². The van der Waals surface area contributed by atoms with Crippen molar-refractivity contribution in [3.63, 3.8) is 0 Å². The number of hydrogen-bond donors (Lipinski definition) is 3. The lowest BCUT2D eigenvalue weighted by Crippen LogP contribution is -2.70. The summed E-state index contributed by atoms with van der Waals surface area (Å²) in [6.07, 6.45) is -5.43. The van der Waals surface area contributed by atoms with Crippen LogP contribution < -0.4 is 10.6 Å². The average molecular weight is 565 g/mol. The number of carboxylic acids is 1. The molecule has 1 fully saturated rings. The number of β-lactam (4-membered cyclic amide) rings is 1. The summed E-state index contributed by atoms with van der Waals surface area (Å²) < 4.78 is 38.5. The molecule has 0 saturated carbocycles. The number of aliphatic carboxylic acids is 1. The van der Waals surface area contributed by atoms with Crippen LogP contribution in [-0.2, 0) is 32.6 Å². The van der Waals surface area contributed by atoms with E-state index < -0.39 is 41.3 Å². The molecule has 19 heteroatoms. The zero-order chi connectivity index (χ0) is 26.2. The molecule has 0 aromatic carbocycles. The predicted octanol–water partition coefficient (Wildman–Crippen LogP) is 0.241. The average Bonchev–Trinajstić information content (AvgIpc) is 3.42. The maximum atomic E-state index is 12.7. The highest BCUT2D eigenvalue weighted by molar-refractivity contribution is 8.01. The Morgan fingerprint density at radius 1 is 1.33 bits per heavy atom. The number of nitrogens with one attached hydrogen (secondary N) is 2. The Labute approximate surface area is 211 Å². The number of carboxylic acid groups (broad SMARTS) is 1. The number of aryl methyl sites for hydroxylation is 1. The highest BCUT2D eigenvalue weighted by atomic mass is 32.2. The van der Waals surface area contributed by atoms with Crippen LogP contribution in [0.2, 0.25) is 0 Å². The Bertz CT molecular complexity index is 1260. The summed E-state index contributed by atoms with van der Waals surface area (Å²) in [5, 5.41) is 25.7. The van der Waals surface area contributed by atoms with Crippen molar-refractivity contribution in [2.24, 2.45) is 7.05 Å². The van der Waals surface area contributed by atoms with Crippen LogP contribution in [0.1, 0.15) is 5.69 Å². The minimum Gasteiger partial charge on any atom is -0.477 e. The summed E-state index contributed by atoms with van der Waals surface area (Å²) in [7, 11) is 1.64. The van der Waals surface area contributed by atoms with E-state index in [1.807, 2.05) is 0 Å². The molecule has 36 heavy (non-hydrogen) atoms. The van der Waals surface area contributed by atoms with Gasteiger partial charge in [-0.05, 0) is 16.0 Å². The number of thioether (sulfide) groups is 2. The van der Waals surface area contributed by atoms with Crippen LogP contribution in [0.3, 0.4) is 0 Å². The Morgan fingerprint density at radius 2 is 2.08 bits per heavy atom. The summed E-state index contributed by atoms with van der Waals surface area (Å²) in [5.74, 6) is -4.15. The number of anilines is 1. The number of tetrazole rings is 1. The zero-order valence-electron chi connectivity index (χ0n) is 18.0. The van der Waals surface area contributed by atoms with Crippen molar-refractivity contribution < 1.29 is 37.5 Å². The summed E-state index contributed by atoms with van der Waals surface area (Å²) in [6, 6.07) is -0.975. The van der Waals surface area contributed by atoms with Gasteiger partial charge in [-0.25, -0.2) is 14.5 Å². The van der Waals surface area contributed by atoms with Crippen LogP contribution in [0.4, 0.5) is 18.3 Å². The predicted molar refractivity (Wildman–Crippen MR) is 120 cm³/mol. The number of fused-ring (bicyclic) bond motifs is 1. The molecule has 1 saturated heterocycles. The fourth-order valence-electron chi connectivity index (χ4n) is 3.29. The van der Waals surface area contributed by atoms with Gasteiger partial charge in [-0.1, -0.05) is 11.8 Å². The highest BCUT2D eigenvalue weighted by Gasteiger charge is 2.54. The molecule has 2 aromatic heterocycles. The highest BCUT2D eigenvalue weighted by Crippen LogP contribution is 2.41. The van der Waals surface area contributed by atoms with Crippen molar-refractivity contribution in [3.05, 3.63) is 22.3 Å². The van der Waals surface area contributed by atoms with Gasteiger partial charge >= 0.3 is 18.1 Å². The molecule has 3 N–H and O–H groups in total. The lowest BCUT2D eigenvalue weighted by molar-refractivity contribution is -0.167. The third-order valence-electron chi connectivity index (χ3n) is 4.89. The number of hydrogen-bond acceptors (Lipinski definition) is 11. The van der Waals surface area contributed by atoms with Gasteiger partial charge in [0.2, 0.25) is 11.1 Å². The lowest BCUT2D eigenvalue weighted by atomic mass is 10.0. The topological polar surface area (TPSA) is 172 Å². The molecule has 13 nitrogen and oxygen atoms in total. The normalized spacial score (nSPS) is 19.6.